The van der Waals surface area contributed by atoms with Crippen LogP contribution in [-0.2, 0) is 16.0 Å². The van der Waals surface area contributed by atoms with E-state index in [4.69, 9.17) is 9.47 Å². The lowest BCUT2D eigenvalue weighted by atomic mass is 9.54. The number of hydrogen-bond donors (Lipinski definition) is 3. The van der Waals surface area contributed by atoms with Gasteiger partial charge in [-0.2, -0.15) is 0 Å². The van der Waals surface area contributed by atoms with E-state index < -0.39 is 23.1 Å². The Hall–Kier alpha value is -3.35. The summed E-state index contributed by atoms with van der Waals surface area (Å²) in [6, 6.07) is 18.3. The van der Waals surface area contributed by atoms with E-state index in [-0.39, 0.29) is 23.5 Å². The van der Waals surface area contributed by atoms with E-state index in [0.717, 1.165) is 0 Å². The number of carbonyl (C=O) groups is 1. The van der Waals surface area contributed by atoms with Gasteiger partial charge in [0.2, 0.25) is 0 Å². The molecule has 6 rings (SSSR count). The number of para-hydroxylation sites is 2. The highest BCUT2D eigenvalue weighted by Crippen LogP contribution is 2.61. The van der Waals surface area contributed by atoms with E-state index in [1.807, 2.05) is 0 Å². The molecule has 0 aliphatic heterocycles. The first kappa shape index (κ1) is 18.7. The molecule has 0 saturated heterocycles. The number of esters is 1. The van der Waals surface area contributed by atoms with Crippen molar-refractivity contribution in [2.45, 2.75) is 17.6 Å². The number of ether oxygens (including phenoxy) is 2. The summed E-state index contributed by atoms with van der Waals surface area (Å²) in [4.78, 5) is 13.3. The fourth-order valence-electron chi connectivity index (χ4n) is 4.92. The highest BCUT2D eigenvalue weighted by Gasteiger charge is 2.63. The molecule has 2 bridgehead atoms. The second kappa shape index (κ2) is 6.32. The van der Waals surface area contributed by atoms with Crippen LogP contribution in [0.5, 0.6) is 17.2 Å². The van der Waals surface area contributed by atoms with E-state index in [1.54, 1.807) is 60.7 Å². The fraction of sp³-hybridized carbons (Fsp3) is 0.208. The fourth-order valence-corrected chi connectivity index (χ4v) is 4.92. The monoisotopic (exact) mass is 404 g/mol. The SMILES string of the molecule is COc1ccccc1OC(=O)C1CC2(O)c3ccccc3C1(O)c1cccc(O)c12. The van der Waals surface area contributed by atoms with Crippen LogP contribution in [0.15, 0.2) is 66.7 Å². The molecule has 3 N–H and O–H groups in total. The molecule has 3 aromatic rings. The number of aliphatic hydroxyl groups is 2. The average molecular weight is 404 g/mol. The molecule has 0 spiro atoms. The van der Waals surface area contributed by atoms with E-state index in [1.165, 1.54) is 13.2 Å². The number of fused-ring (bicyclic) bond motifs is 1. The van der Waals surface area contributed by atoms with Gasteiger partial charge in [0.25, 0.3) is 0 Å². The van der Waals surface area contributed by atoms with Crippen molar-refractivity contribution in [3.63, 3.8) is 0 Å². The Morgan fingerprint density at radius 2 is 1.53 bits per heavy atom. The van der Waals surface area contributed by atoms with Gasteiger partial charge in [0.1, 0.15) is 17.0 Å². The van der Waals surface area contributed by atoms with Crippen molar-refractivity contribution in [3.05, 3.63) is 89.0 Å². The number of phenols is 1. The first-order valence-corrected chi connectivity index (χ1v) is 9.63. The molecule has 3 aromatic carbocycles. The number of benzene rings is 3. The molecule has 0 heterocycles. The molecule has 3 aliphatic rings. The standard InChI is InChI=1S/C24H20O6/c1-29-19-11-4-5-12-20(19)30-22(26)17-13-23(27)14-7-2-3-8-15(14)24(17,28)16-9-6-10-18(25)21(16)23/h2-12,17,25,27-28H,13H2,1H3. The topological polar surface area (TPSA) is 96.2 Å². The first-order valence-electron chi connectivity index (χ1n) is 9.63. The number of rotatable bonds is 3. The minimum Gasteiger partial charge on any atom is -0.508 e. The van der Waals surface area contributed by atoms with Crippen LogP contribution in [0.3, 0.4) is 0 Å². The molecule has 0 fully saturated rings. The largest absolute Gasteiger partial charge is 0.508 e. The molecule has 3 atom stereocenters. The van der Waals surface area contributed by atoms with Gasteiger partial charge in [0.05, 0.1) is 13.0 Å². The smallest absolute Gasteiger partial charge is 0.318 e. The summed E-state index contributed by atoms with van der Waals surface area (Å²) in [5.74, 6) is -1.29. The Labute approximate surface area is 172 Å². The van der Waals surface area contributed by atoms with Crippen LogP contribution >= 0.6 is 0 Å². The summed E-state index contributed by atoms with van der Waals surface area (Å²) in [7, 11) is 1.47. The van der Waals surface area contributed by atoms with Crippen LogP contribution in [0.25, 0.3) is 0 Å². The van der Waals surface area contributed by atoms with Crippen molar-refractivity contribution >= 4 is 5.97 Å². The predicted octanol–water partition coefficient (Wildman–Crippen LogP) is 2.81. The Balaban J connectivity index is 1.67. The van der Waals surface area contributed by atoms with E-state index in [0.29, 0.717) is 22.4 Å². The molecule has 0 saturated carbocycles. The van der Waals surface area contributed by atoms with E-state index in [9.17, 15) is 20.1 Å². The van der Waals surface area contributed by atoms with Crippen molar-refractivity contribution in [1.82, 2.24) is 0 Å². The molecule has 0 amide bonds. The molecule has 152 valence electrons. The lowest BCUT2D eigenvalue weighted by Crippen LogP contribution is -2.57. The van der Waals surface area contributed by atoms with Crippen LogP contribution < -0.4 is 9.47 Å². The van der Waals surface area contributed by atoms with Crippen LogP contribution in [-0.4, -0.2) is 28.4 Å². The van der Waals surface area contributed by atoms with Gasteiger partial charge in [0, 0.05) is 12.0 Å². The minimum absolute atomic E-state index is 0.125. The van der Waals surface area contributed by atoms with Gasteiger partial charge >= 0.3 is 5.97 Å². The van der Waals surface area contributed by atoms with Crippen molar-refractivity contribution in [2.24, 2.45) is 5.92 Å². The van der Waals surface area contributed by atoms with Crippen LogP contribution in [0.4, 0.5) is 0 Å². The maximum absolute atomic E-state index is 13.3. The van der Waals surface area contributed by atoms with Crippen LogP contribution in [0.1, 0.15) is 28.7 Å². The zero-order chi connectivity index (χ0) is 21.1. The molecule has 3 unspecified atom stereocenters. The summed E-state index contributed by atoms with van der Waals surface area (Å²) in [5.41, 5.74) is -1.95. The maximum Gasteiger partial charge on any atom is 0.318 e. The van der Waals surface area contributed by atoms with Gasteiger partial charge in [-0.05, 0) is 34.9 Å². The summed E-state index contributed by atoms with van der Waals surface area (Å²) >= 11 is 0. The van der Waals surface area contributed by atoms with Crippen molar-refractivity contribution < 1.29 is 29.6 Å². The van der Waals surface area contributed by atoms with Crippen molar-refractivity contribution in [2.75, 3.05) is 7.11 Å². The number of methoxy groups -OCH3 is 1. The minimum atomic E-state index is -1.76. The maximum atomic E-state index is 13.3. The summed E-state index contributed by atoms with van der Waals surface area (Å²) in [6.07, 6.45) is -0.126. The number of aromatic hydroxyl groups is 1. The summed E-state index contributed by atoms with van der Waals surface area (Å²) in [5, 5.41) is 34.1. The second-order valence-corrected chi connectivity index (χ2v) is 7.70. The molecule has 30 heavy (non-hydrogen) atoms. The lowest BCUT2D eigenvalue weighted by Gasteiger charge is -2.53. The van der Waals surface area contributed by atoms with Gasteiger partial charge in [0.15, 0.2) is 11.5 Å². The third kappa shape index (κ3) is 2.29. The van der Waals surface area contributed by atoms with Crippen LogP contribution in [0, 0.1) is 5.92 Å². The molecular formula is C24H20O6. The lowest BCUT2D eigenvalue weighted by molar-refractivity contribution is -0.157. The molecular weight excluding hydrogens is 384 g/mol. The average Bonchev–Trinajstić information content (AvgIpc) is 2.76. The van der Waals surface area contributed by atoms with Gasteiger partial charge in [-0.25, -0.2) is 0 Å². The van der Waals surface area contributed by atoms with Crippen LogP contribution in [0.2, 0.25) is 0 Å². The quantitative estimate of drug-likeness (QED) is 0.459. The number of phenolic OH excluding ortho intramolecular Hbond substituents is 1. The Bertz CT molecular complexity index is 1170. The second-order valence-electron chi connectivity index (χ2n) is 7.70. The molecule has 6 heteroatoms. The van der Waals surface area contributed by atoms with Gasteiger partial charge in [-0.3, -0.25) is 4.79 Å². The number of carbonyl (C=O) groups excluding carboxylic acids is 1. The molecule has 0 radical (unpaired) electrons. The Morgan fingerprint density at radius 1 is 0.900 bits per heavy atom. The summed E-state index contributed by atoms with van der Waals surface area (Å²) < 4.78 is 10.8. The van der Waals surface area contributed by atoms with Gasteiger partial charge < -0.3 is 24.8 Å². The first-order chi connectivity index (χ1) is 14.4. The third-order valence-corrected chi connectivity index (χ3v) is 6.22. The van der Waals surface area contributed by atoms with Crippen molar-refractivity contribution in [3.8, 4) is 17.2 Å². The Morgan fingerprint density at radius 3 is 2.27 bits per heavy atom. The molecule has 3 aliphatic carbocycles. The predicted molar refractivity (Wildman–Crippen MR) is 107 cm³/mol. The molecule has 6 nitrogen and oxygen atoms in total. The Kier molecular flexibility index (Phi) is 3.93. The highest BCUT2D eigenvalue weighted by molar-refractivity contribution is 5.82. The highest BCUT2D eigenvalue weighted by atomic mass is 16.6. The summed E-state index contributed by atoms with van der Waals surface area (Å²) in [6.45, 7) is 0. The van der Waals surface area contributed by atoms with Crippen molar-refractivity contribution in [1.29, 1.82) is 0 Å². The van der Waals surface area contributed by atoms with Gasteiger partial charge in [-0.1, -0.05) is 48.5 Å². The zero-order valence-corrected chi connectivity index (χ0v) is 16.2. The number of hydrogen-bond acceptors (Lipinski definition) is 6. The van der Waals surface area contributed by atoms with E-state index in [2.05, 4.69) is 0 Å². The normalized spacial score (nSPS) is 25.9. The van der Waals surface area contributed by atoms with Gasteiger partial charge in [-0.15, -0.1) is 0 Å². The zero-order valence-electron chi connectivity index (χ0n) is 16.2. The third-order valence-electron chi connectivity index (χ3n) is 6.22. The van der Waals surface area contributed by atoms with E-state index >= 15 is 0 Å². The molecule has 0 aromatic heterocycles.